The number of aliphatic hydroxyl groups excluding tert-OH is 2. The van der Waals surface area contributed by atoms with Gasteiger partial charge in [-0.3, -0.25) is 24.2 Å². The molecule has 3 aliphatic carbocycles. The molecule has 0 radical (unpaired) electrons. The van der Waals surface area contributed by atoms with E-state index in [1.807, 2.05) is 0 Å². The molecule has 1 unspecified atom stereocenters. The van der Waals surface area contributed by atoms with Crippen LogP contribution >= 0.6 is 0 Å². The summed E-state index contributed by atoms with van der Waals surface area (Å²) in [6.45, 7) is 1.03. The van der Waals surface area contributed by atoms with Crippen LogP contribution in [0.2, 0.25) is 0 Å². The van der Waals surface area contributed by atoms with Crippen LogP contribution in [0.25, 0.3) is 5.76 Å². The molecule has 7 N–H and O–H groups in total. The molecule has 12 nitrogen and oxygen atoms in total. The molecule has 6 aliphatic rings. The van der Waals surface area contributed by atoms with Gasteiger partial charge in [-0.25, -0.2) is 0 Å². The van der Waals surface area contributed by atoms with Gasteiger partial charge in [0.05, 0.1) is 17.3 Å². The summed E-state index contributed by atoms with van der Waals surface area (Å²) < 4.78 is 47.0. The monoisotopic (exact) mass is 634 g/mol. The van der Waals surface area contributed by atoms with Crippen LogP contribution in [-0.2, 0) is 20.8 Å². The molecular weight excluding hydrogens is 601 g/mol. The van der Waals surface area contributed by atoms with Crippen LogP contribution in [-0.4, -0.2) is 98.9 Å². The van der Waals surface area contributed by atoms with Gasteiger partial charge in [0.2, 0.25) is 5.78 Å². The molecule has 1 amide bonds. The average Bonchev–Trinajstić information content (AvgIpc) is 3.53. The van der Waals surface area contributed by atoms with Crippen molar-refractivity contribution in [2.24, 2.45) is 23.5 Å². The molecule has 0 bridgehead atoms. The Morgan fingerprint density at radius 2 is 1.89 bits per heavy atom. The van der Waals surface area contributed by atoms with Crippen LogP contribution in [0.1, 0.15) is 48.4 Å². The number of nitrogens with one attached hydrogen (secondary N) is 1. The number of halogens is 3. The third-order valence-corrected chi connectivity index (χ3v) is 10.7. The fourth-order valence-electron chi connectivity index (χ4n) is 9.12. The number of nitrogens with zero attached hydrogens (tertiary/aromatic N) is 2. The molecule has 7 atom stereocenters. The summed E-state index contributed by atoms with van der Waals surface area (Å²) in [4.78, 5) is 43.1. The third-order valence-electron chi connectivity index (χ3n) is 10.7. The van der Waals surface area contributed by atoms with Crippen molar-refractivity contribution >= 4 is 28.9 Å². The molecule has 3 fully saturated rings. The predicted molar refractivity (Wildman–Crippen MR) is 150 cm³/mol. The standard InChI is InChI=1S/C30H33F3N4O8/c1-36(2)21-14-8-10-7-13-16(22(38)15(10)26(41)29(14,44)27(42)18(24(21)40)28(34)43)23(39)19-17(25(13)45-30(31,32)33)20-11(9-35-19)6-12-4-3-5-37(12)20/h10-12,14,20-21,35,38-39,42,44H,3-9H2,1-2H3,(H2,34,43)/t10-,11-,12?,14-,20-,21-,29-/m0/s1. The number of Topliss-reactive ketones (excluding diaryl/α,β-unsaturated/α-hetero) is 2. The number of phenolic OH excluding ortho intramolecular Hbond substituents is 1. The summed E-state index contributed by atoms with van der Waals surface area (Å²) in [5, 5.41) is 49.0. The van der Waals surface area contributed by atoms with Crippen LogP contribution in [0.5, 0.6) is 11.5 Å². The molecule has 45 heavy (non-hydrogen) atoms. The number of ether oxygens (including phenoxy) is 1. The van der Waals surface area contributed by atoms with Crippen LogP contribution in [0, 0.1) is 17.8 Å². The van der Waals surface area contributed by atoms with Gasteiger partial charge in [0.1, 0.15) is 22.8 Å². The number of ketones is 2. The predicted octanol–water partition coefficient (Wildman–Crippen LogP) is 1.81. The van der Waals surface area contributed by atoms with Crippen molar-refractivity contribution in [3.05, 3.63) is 33.6 Å². The molecule has 0 spiro atoms. The average molecular weight is 635 g/mol. The van der Waals surface area contributed by atoms with Gasteiger partial charge in [-0.1, -0.05) is 0 Å². The zero-order valence-corrected chi connectivity index (χ0v) is 24.4. The number of benzene rings is 1. The summed E-state index contributed by atoms with van der Waals surface area (Å²) >= 11 is 0. The molecule has 1 aromatic carbocycles. The van der Waals surface area contributed by atoms with Gasteiger partial charge in [-0.2, -0.15) is 0 Å². The lowest BCUT2D eigenvalue weighted by atomic mass is 9.57. The number of carbonyl (C=O) groups is 3. The van der Waals surface area contributed by atoms with E-state index >= 15 is 0 Å². The Morgan fingerprint density at radius 3 is 2.53 bits per heavy atom. The third kappa shape index (κ3) is 3.92. The number of carbonyl (C=O) groups excluding carboxylic acids is 3. The van der Waals surface area contributed by atoms with Gasteiger partial charge >= 0.3 is 6.36 Å². The first-order valence-corrected chi connectivity index (χ1v) is 14.9. The van der Waals surface area contributed by atoms with Gasteiger partial charge in [0, 0.05) is 41.2 Å². The van der Waals surface area contributed by atoms with E-state index in [2.05, 4.69) is 10.2 Å². The highest BCUT2D eigenvalue weighted by Gasteiger charge is 2.64. The van der Waals surface area contributed by atoms with E-state index in [1.165, 1.54) is 19.0 Å². The quantitative estimate of drug-likeness (QED) is 0.210. The minimum atomic E-state index is -5.13. The van der Waals surface area contributed by atoms with E-state index < -0.39 is 93.1 Å². The topological polar surface area (TPSA) is 186 Å². The van der Waals surface area contributed by atoms with Crippen LogP contribution in [0.3, 0.4) is 0 Å². The first-order valence-electron chi connectivity index (χ1n) is 14.9. The molecular formula is C30H33F3N4O8. The lowest BCUT2D eigenvalue weighted by Crippen LogP contribution is -2.65. The summed E-state index contributed by atoms with van der Waals surface area (Å²) in [5.74, 6) is -9.24. The zero-order valence-electron chi connectivity index (χ0n) is 24.4. The first kappa shape index (κ1) is 29.9. The number of fused-ring (bicyclic) bond motifs is 8. The van der Waals surface area contributed by atoms with E-state index in [9.17, 15) is 48.0 Å². The Morgan fingerprint density at radius 1 is 1.18 bits per heavy atom. The molecule has 1 aromatic rings. The largest absolute Gasteiger partial charge is 0.573 e. The van der Waals surface area contributed by atoms with E-state index in [-0.39, 0.29) is 41.6 Å². The molecule has 3 heterocycles. The fourth-order valence-corrected chi connectivity index (χ4v) is 9.12. The number of anilines is 1. The number of rotatable bonds is 3. The van der Waals surface area contributed by atoms with Crippen molar-refractivity contribution in [3.63, 3.8) is 0 Å². The van der Waals surface area contributed by atoms with Crippen LogP contribution in [0.15, 0.2) is 16.9 Å². The highest BCUT2D eigenvalue weighted by Crippen LogP contribution is 2.61. The lowest BCUT2D eigenvalue weighted by Gasteiger charge is -2.50. The minimum absolute atomic E-state index is 0.0399. The Hall–Kier alpha value is -3.82. The number of nitrogens with two attached hydrogens (primary N) is 1. The van der Waals surface area contributed by atoms with Crippen molar-refractivity contribution in [1.82, 2.24) is 9.80 Å². The second kappa shape index (κ2) is 9.59. The van der Waals surface area contributed by atoms with Crippen molar-refractivity contribution < 1.29 is 52.7 Å². The maximum absolute atomic E-state index is 14.1. The summed E-state index contributed by atoms with van der Waals surface area (Å²) in [6.07, 6.45) is -3.16. The molecule has 2 saturated heterocycles. The number of phenols is 1. The number of amides is 1. The summed E-state index contributed by atoms with van der Waals surface area (Å²) in [7, 11) is 2.92. The van der Waals surface area contributed by atoms with Crippen molar-refractivity contribution in [2.45, 2.75) is 62.2 Å². The van der Waals surface area contributed by atoms with Gasteiger partial charge in [0.25, 0.3) is 5.91 Å². The molecule has 3 aliphatic heterocycles. The van der Waals surface area contributed by atoms with E-state index in [0.29, 0.717) is 13.1 Å². The zero-order chi connectivity index (χ0) is 32.5. The molecule has 1 saturated carbocycles. The highest BCUT2D eigenvalue weighted by molar-refractivity contribution is 6.24. The fraction of sp³-hybridized carbons (Fsp3) is 0.567. The van der Waals surface area contributed by atoms with Gasteiger partial charge < -0.3 is 36.2 Å². The number of alkyl halides is 3. The first-order chi connectivity index (χ1) is 21.1. The number of hydrogen-bond acceptors (Lipinski definition) is 11. The SMILES string of the molecule is CN(C)[C@@H]1C(=O)C(C(N)=O)=C(O)[C@@]2(O)C(=O)C3=C(O)c4c(O)c5c(c(OC(F)(F)F)c4C[C@H]3C[C@@H]12)[C@@H]1[C@H](CN5)CC2CCCN21. The van der Waals surface area contributed by atoms with Crippen molar-refractivity contribution in [2.75, 3.05) is 32.5 Å². The summed E-state index contributed by atoms with van der Waals surface area (Å²) in [6, 6.07) is -1.62. The second-order valence-electron chi connectivity index (χ2n) is 13.2. The van der Waals surface area contributed by atoms with Crippen molar-refractivity contribution in [1.29, 1.82) is 0 Å². The van der Waals surface area contributed by atoms with E-state index in [1.54, 1.807) is 0 Å². The molecule has 242 valence electrons. The van der Waals surface area contributed by atoms with Crippen molar-refractivity contribution in [3.8, 4) is 11.5 Å². The molecule has 7 rings (SSSR count). The van der Waals surface area contributed by atoms with Crippen LogP contribution < -0.4 is 15.8 Å². The van der Waals surface area contributed by atoms with Gasteiger partial charge in [0.15, 0.2) is 17.1 Å². The number of hydrogen-bond donors (Lipinski definition) is 6. The number of aromatic hydroxyl groups is 1. The van der Waals surface area contributed by atoms with E-state index in [4.69, 9.17) is 10.5 Å². The summed E-state index contributed by atoms with van der Waals surface area (Å²) in [5.41, 5.74) is 0.579. The van der Waals surface area contributed by atoms with Crippen LogP contribution in [0.4, 0.5) is 18.9 Å². The maximum atomic E-state index is 14.1. The Kier molecular flexibility index (Phi) is 6.37. The number of aliphatic hydroxyl groups is 3. The van der Waals surface area contributed by atoms with Gasteiger partial charge in [-0.15, -0.1) is 13.2 Å². The second-order valence-corrected chi connectivity index (χ2v) is 13.2. The molecule has 15 heteroatoms. The maximum Gasteiger partial charge on any atom is 0.573 e. The Balaban J connectivity index is 1.46. The highest BCUT2D eigenvalue weighted by atomic mass is 19.4. The Labute approximate surface area is 254 Å². The lowest BCUT2D eigenvalue weighted by molar-refractivity contribution is -0.275. The van der Waals surface area contributed by atoms with Gasteiger partial charge in [-0.05, 0) is 64.6 Å². The molecule has 0 aromatic heterocycles. The normalized spacial score (nSPS) is 34.1. The Bertz CT molecular complexity index is 1640. The minimum Gasteiger partial charge on any atom is -0.508 e. The van der Waals surface area contributed by atoms with E-state index in [0.717, 1.165) is 19.3 Å². The smallest absolute Gasteiger partial charge is 0.508 e. The number of likely N-dealkylation sites (N-methyl/N-ethyl adjacent to an activating group) is 1. The number of primary amides is 1.